The van der Waals surface area contributed by atoms with Crippen molar-refractivity contribution in [3.05, 3.63) is 52.5 Å². The molecule has 2 atom stereocenters. The van der Waals surface area contributed by atoms with Crippen molar-refractivity contribution < 1.29 is 4.79 Å². The van der Waals surface area contributed by atoms with Gasteiger partial charge >= 0.3 is 0 Å². The summed E-state index contributed by atoms with van der Waals surface area (Å²) in [5.74, 6) is 0.179. The third-order valence-corrected chi connectivity index (χ3v) is 4.90. The predicted octanol–water partition coefficient (Wildman–Crippen LogP) is 3.07. The van der Waals surface area contributed by atoms with E-state index in [0.29, 0.717) is 16.6 Å². The molecule has 0 spiro atoms. The van der Waals surface area contributed by atoms with Gasteiger partial charge in [0.1, 0.15) is 5.01 Å². The zero-order valence-electron chi connectivity index (χ0n) is 12.6. The van der Waals surface area contributed by atoms with Crippen LogP contribution in [0.3, 0.4) is 0 Å². The molecule has 1 heterocycles. The molecule has 1 aliphatic carbocycles. The molecular formula is C17H16N4OS. The van der Waals surface area contributed by atoms with Gasteiger partial charge in [-0.05, 0) is 41.8 Å². The van der Waals surface area contributed by atoms with Crippen molar-refractivity contribution in [2.24, 2.45) is 5.73 Å². The maximum atomic E-state index is 12.5. The Labute approximate surface area is 137 Å². The van der Waals surface area contributed by atoms with Crippen LogP contribution in [-0.2, 0) is 0 Å². The second kappa shape index (κ2) is 5.40. The van der Waals surface area contributed by atoms with E-state index >= 15 is 0 Å². The molecule has 3 N–H and O–H groups in total. The van der Waals surface area contributed by atoms with Crippen LogP contribution in [0.5, 0.6) is 0 Å². The summed E-state index contributed by atoms with van der Waals surface area (Å²) in [6.07, 6.45) is 0.977. The van der Waals surface area contributed by atoms with E-state index in [1.807, 2.05) is 37.3 Å². The molecule has 5 nitrogen and oxygen atoms in total. The molecule has 1 fully saturated rings. The Bertz CT molecular complexity index is 904. The fourth-order valence-electron chi connectivity index (χ4n) is 2.87. The fourth-order valence-corrected chi connectivity index (χ4v) is 3.45. The summed E-state index contributed by atoms with van der Waals surface area (Å²) in [5.41, 5.74) is 7.82. The number of hydrogen-bond donors (Lipinski definition) is 2. The number of aromatic nitrogens is 2. The van der Waals surface area contributed by atoms with Gasteiger partial charge in [-0.15, -0.1) is 10.2 Å². The molecule has 2 unspecified atom stereocenters. The molecule has 6 heteroatoms. The van der Waals surface area contributed by atoms with Gasteiger partial charge < -0.3 is 5.73 Å². The monoisotopic (exact) mass is 324 g/mol. The van der Waals surface area contributed by atoms with Crippen molar-refractivity contribution in [1.82, 2.24) is 10.2 Å². The Hall–Kier alpha value is -2.31. The molecule has 0 bridgehead atoms. The lowest BCUT2D eigenvalue weighted by Gasteiger charge is -2.09. The van der Waals surface area contributed by atoms with Gasteiger partial charge in [0, 0.05) is 17.5 Å². The van der Waals surface area contributed by atoms with Crippen LogP contribution in [0.15, 0.2) is 36.4 Å². The van der Waals surface area contributed by atoms with Gasteiger partial charge in [0.25, 0.3) is 5.91 Å². The van der Waals surface area contributed by atoms with Gasteiger partial charge in [-0.3, -0.25) is 10.1 Å². The van der Waals surface area contributed by atoms with Gasteiger partial charge in [0.15, 0.2) is 0 Å². The van der Waals surface area contributed by atoms with E-state index in [0.717, 1.165) is 22.4 Å². The van der Waals surface area contributed by atoms with E-state index in [9.17, 15) is 4.79 Å². The molecule has 1 amide bonds. The number of aryl methyl sites for hydroxylation is 1. The van der Waals surface area contributed by atoms with Gasteiger partial charge in [-0.1, -0.05) is 35.6 Å². The van der Waals surface area contributed by atoms with Crippen LogP contribution in [0.25, 0.3) is 10.8 Å². The number of rotatable bonds is 3. The number of nitrogens with zero attached hydrogens (tertiary/aromatic N) is 2. The van der Waals surface area contributed by atoms with Crippen LogP contribution in [0.1, 0.15) is 33.3 Å². The molecule has 116 valence electrons. The number of benzene rings is 2. The largest absolute Gasteiger partial charge is 0.327 e. The summed E-state index contributed by atoms with van der Waals surface area (Å²) in [7, 11) is 0. The van der Waals surface area contributed by atoms with Gasteiger partial charge in [-0.25, -0.2) is 0 Å². The first-order valence-corrected chi connectivity index (χ1v) is 8.33. The zero-order chi connectivity index (χ0) is 16.0. The van der Waals surface area contributed by atoms with Crippen LogP contribution >= 0.6 is 11.3 Å². The number of anilines is 1. The van der Waals surface area contributed by atoms with Gasteiger partial charge in [-0.2, -0.15) is 0 Å². The molecule has 1 aromatic heterocycles. The van der Waals surface area contributed by atoms with Gasteiger partial charge in [0.05, 0.1) is 0 Å². The highest BCUT2D eigenvalue weighted by atomic mass is 32.1. The van der Waals surface area contributed by atoms with E-state index < -0.39 is 0 Å². The Morgan fingerprint density at radius 1 is 1.30 bits per heavy atom. The summed E-state index contributed by atoms with van der Waals surface area (Å²) >= 11 is 1.36. The molecule has 0 aliphatic heterocycles. The standard InChI is InChI=1S/C17H16N4OS/c1-9-20-21-17(23-9)19-16(22)11-6-10-4-2-3-5-12(10)13(7-11)14-8-15(14)18/h2-7,14-15H,8,18H2,1H3,(H,19,21,22). The summed E-state index contributed by atoms with van der Waals surface area (Å²) in [4.78, 5) is 12.5. The normalized spacial score (nSPS) is 19.7. The summed E-state index contributed by atoms with van der Waals surface area (Å²) in [6.45, 7) is 1.86. The molecule has 1 saturated carbocycles. The van der Waals surface area contributed by atoms with Crippen LogP contribution < -0.4 is 11.1 Å². The van der Waals surface area contributed by atoms with Crippen molar-refractivity contribution in [3.63, 3.8) is 0 Å². The second-order valence-electron chi connectivity index (χ2n) is 5.87. The van der Waals surface area contributed by atoms with E-state index in [1.54, 1.807) is 0 Å². The Morgan fingerprint density at radius 2 is 2.09 bits per heavy atom. The average molecular weight is 324 g/mol. The van der Waals surface area contributed by atoms with E-state index in [-0.39, 0.29) is 11.9 Å². The molecule has 1 aliphatic rings. The number of carbonyl (C=O) groups is 1. The third kappa shape index (κ3) is 2.71. The molecule has 0 radical (unpaired) electrons. The van der Waals surface area contributed by atoms with Gasteiger partial charge in [0.2, 0.25) is 5.13 Å². The minimum Gasteiger partial charge on any atom is -0.327 e. The Balaban J connectivity index is 1.73. The number of nitrogens with one attached hydrogen (secondary N) is 1. The molecule has 2 aromatic carbocycles. The average Bonchev–Trinajstić information content (AvgIpc) is 3.14. The predicted molar refractivity (Wildman–Crippen MR) is 91.9 cm³/mol. The molecular weight excluding hydrogens is 308 g/mol. The number of hydrogen-bond acceptors (Lipinski definition) is 5. The van der Waals surface area contributed by atoms with E-state index in [2.05, 4.69) is 21.6 Å². The first kappa shape index (κ1) is 14.3. The Morgan fingerprint density at radius 3 is 2.78 bits per heavy atom. The van der Waals surface area contributed by atoms with Crippen LogP contribution in [0, 0.1) is 6.92 Å². The maximum absolute atomic E-state index is 12.5. The van der Waals surface area contributed by atoms with Crippen LogP contribution in [-0.4, -0.2) is 22.1 Å². The van der Waals surface area contributed by atoms with Crippen LogP contribution in [0.4, 0.5) is 5.13 Å². The minimum atomic E-state index is -0.164. The molecule has 3 aromatic rings. The first-order valence-electron chi connectivity index (χ1n) is 7.51. The highest BCUT2D eigenvalue weighted by molar-refractivity contribution is 7.15. The smallest absolute Gasteiger partial charge is 0.257 e. The second-order valence-corrected chi connectivity index (χ2v) is 7.05. The third-order valence-electron chi connectivity index (χ3n) is 4.14. The number of amides is 1. The summed E-state index contributed by atoms with van der Waals surface area (Å²) in [5, 5.41) is 14.2. The summed E-state index contributed by atoms with van der Waals surface area (Å²) < 4.78 is 0. The Kier molecular flexibility index (Phi) is 3.36. The highest BCUT2D eigenvalue weighted by Crippen LogP contribution is 2.42. The zero-order valence-corrected chi connectivity index (χ0v) is 13.4. The van der Waals surface area contributed by atoms with Crippen molar-refractivity contribution in [1.29, 1.82) is 0 Å². The van der Waals surface area contributed by atoms with E-state index in [1.165, 1.54) is 16.7 Å². The number of carbonyl (C=O) groups excluding carboxylic acids is 1. The first-order chi connectivity index (χ1) is 11.1. The lowest BCUT2D eigenvalue weighted by molar-refractivity contribution is 0.102. The lowest BCUT2D eigenvalue weighted by atomic mass is 9.97. The van der Waals surface area contributed by atoms with E-state index in [4.69, 9.17) is 5.73 Å². The molecule has 0 saturated heterocycles. The lowest BCUT2D eigenvalue weighted by Crippen LogP contribution is -2.12. The van der Waals surface area contributed by atoms with Crippen molar-refractivity contribution in [3.8, 4) is 0 Å². The number of fused-ring (bicyclic) bond motifs is 1. The van der Waals surface area contributed by atoms with Crippen molar-refractivity contribution in [2.75, 3.05) is 5.32 Å². The SMILES string of the molecule is Cc1nnc(NC(=O)c2cc(C3CC3N)c3ccccc3c2)s1. The van der Waals surface area contributed by atoms with Crippen molar-refractivity contribution in [2.45, 2.75) is 25.3 Å². The highest BCUT2D eigenvalue weighted by Gasteiger charge is 2.36. The minimum absolute atomic E-state index is 0.164. The molecule has 23 heavy (non-hydrogen) atoms. The summed E-state index contributed by atoms with van der Waals surface area (Å²) in [6, 6.07) is 12.2. The molecule has 4 rings (SSSR count). The van der Waals surface area contributed by atoms with Crippen LogP contribution in [0.2, 0.25) is 0 Å². The maximum Gasteiger partial charge on any atom is 0.257 e. The fraction of sp³-hybridized carbons (Fsp3) is 0.235. The quantitative estimate of drug-likeness (QED) is 0.776. The number of nitrogens with two attached hydrogens (primary N) is 1. The topological polar surface area (TPSA) is 80.9 Å². The van der Waals surface area contributed by atoms with Crippen molar-refractivity contribution >= 4 is 33.1 Å².